The van der Waals surface area contributed by atoms with Gasteiger partial charge < -0.3 is 16.0 Å². The van der Waals surface area contributed by atoms with Gasteiger partial charge in [0.15, 0.2) is 0 Å². The minimum atomic E-state index is 0.563. The zero-order valence-corrected chi connectivity index (χ0v) is 8.24. The van der Waals surface area contributed by atoms with Crippen molar-refractivity contribution >= 4 is 5.82 Å². The highest BCUT2D eigenvalue weighted by atomic mass is 15.2. The van der Waals surface area contributed by atoms with Crippen molar-refractivity contribution in [3.05, 3.63) is 23.9 Å². The van der Waals surface area contributed by atoms with Crippen LogP contribution in [0.1, 0.15) is 5.56 Å². The second kappa shape index (κ2) is 4.39. The molecule has 2 heterocycles. The summed E-state index contributed by atoms with van der Waals surface area (Å²) in [6.45, 7) is 4.66. The van der Waals surface area contributed by atoms with Gasteiger partial charge in [-0.05, 0) is 6.07 Å². The van der Waals surface area contributed by atoms with Crippen molar-refractivity contribution in [3.63, 3.8) is 0 Å². The lowest BCUT2D eigenvalue weighted by molar-refractivity contribution is 0.583. The summed E-state index contributed by atoms with van der Waals surface area (Å²) in [5.41, 5.74) is 6.81. The summed E-state index contributed by atoms with van der Waals surface area (Å²) in [6, 6.07) is 3.98. The van der Waals surface area contributed by atoms with Gasteiger partial charge in [-0.2, -0.15) is 0 Å². The summed E-state index contributed by atoms with van der Waals surface area (Å²) in [6.07, 6.45) is 1.83. The molecule has 0 atom stereocenters. The fourth-order valence-corrected chi connectivity index (χ4v) is 1.75. The Labute approximate surface area is 84.1 Å². The molecule has 4 heteroatoms. The molecule has 1 fully saturated rings. The summed E-state index contributed by atoms with van der Waals surface area (Å²) in [5, 5.41) is 3.32. The highest BCUT2D eigenvalue weighted by molar-refractivity contribution is 5.47. The van der Waals surface area contributed by atoms with Crippen LogP contribution < -0.4 is 16.0 Å². The molecule has 0 unspecified atom stereocenters. The van der Waals surface area contributed by atoms with Gasteiger partial charge in [-0.3, -0.25) is 0 Å². The van der Waals surface area contributed by atoms with Gasteiger partial charge in [-0.15, -0.1) is 0 Å². The number of hydrogen-bond donors (Lipinski definition) is 2. The number of nitrogens with zero attached hydrogens (tertiary/aromatic N) is 2. The SMILES string of the molecule is NCc1cccnc1N1CCNCC1. The Morgan fingerprint density at radius 1 is 1.43 bits per heavy atom. The topological polar surface area (TPSA) is 54.2 Å². The van der Waals surface area contributed by atoms with Crippen LogP contribution in [-0.2, 0) is 6.54 Å². The standard InChI is InChI=1S/C10H16N4/c11-8-9-2-1-3-13-10(9)14-6-4-12-5-7-14/h1-3,12H,4-8,11H2. The van der Waals surface area contributed by atoms with Crippen LogP contribution in [0.2, 0.25) is 0 Å². The van der Waals surface area contributed by atoms with Gasteiger partial charge in [0.1, 0.15) is 5.82 Å². The Balaban J connectivity index is 2.20. The van der Waals surface area contributed by atoms with E-state index in [0.717, 1.165) is 37.6 Å². The van der Waals surface area contributed by atoms with Crippen molar-refractivity contribution in [2.75, 3.05) is 31.1 Å². The monoisotopic (exact) mass is 192 g/mol. The van der Waals surface area contributed by atoms with Gasteiger partial charge in [-0.25, -0.2) is 4.98 Å². The van der Waals surface area contributed by atoms with Crippen molar-refractivity contribution in [2.24, 2.45) is 5.73 Å². The van der Waals surface area contributed by atoms with Gasteiger partial charge >= 0.3 is 0 Å². The van der Waals surface area contributed by atoms with E-state index < -0.39 is 0 Å². The number of hydrogen-bond acceptors (Lipinski definition) is 4. The Bertz CT molecular complexity index is 294. The average Bonchev–Trinajstić information content (AvgIpc) is 2.30. The molecule has 0 amide bonds. The number of anilines is 1. The molecule has 2 rings (SSSR count). The maximum atomic E-state index is 5.68. The number of piperazine rings is 1. The van der Waals surface area contributed by atoms with E-state index in [1.807, 2.05) is 18.3 Å². The first kappa shape index (κ1) is 9.43. The van der Waals surface area contributed by atoms with Crippen molar-refractivity contribution in [2.45, 2.75) is 6.54 Å². The number of nitrogens with one attached hydrogen (secondary N) is 1. The molecule has 0 aromatic carbocycles. The van der Waals surface area contributed by atoms with Gasteiger partial charge in [0.2, 0.25) is 0 Å². The molecule has 4 nitrogen and oxygen atoms in total. The minimum Gasteiger partial charge on any atom is -0.354 e. The molecule has 0 saturated carbocycles. The van der Waals surface area contributed by atoms with Crippen LogP contribution in [0.3, 0.4) is 0 Å². The van der Waals surface area contributed by atoms with Crippen LogP contribution in [0.4, 0.5) is 5.82 Å². The van der Waals surface area contributed by atoms with Crippen LogP contribution in [0, 0.1) is 0 Å². The molecular weight excluding hydrogens is 176 g/mol. The van der Waals surface area contributed by atoms with E-state index >= 15 is 0 Å². The van der Waals surface area contributed by atoms with E-state index in [-0.39, 0.29) is 0 Å². The fraction of sp³-hybridized carbons (Fsp3) is 0.500. The summed E-state index contributed by atoms with van der Waals surface area (Å²) in [4.78, 5) is 6.68. The fourth-order valence-electron chi connectivity index (χ4n) is 1.75. The molecule has 0 aliphatic carbocycles. The summed E-state index contributed by atoms with van der Waals surface area (Å²) >= 11 is 0. The van der Waals surface area contributed by atoms with E-state index in [0.29, 0.717) is 6.54 Å². The van der Waals surface area contributed by atoms with E-state index in [9.17, 15) is 0 Å². The maximum Gasteiger partial charge on any atom is 0.133 e. The van der Waals surface area contributed by atoms with Gasteiger partial charge in [-0.1, -0.05) is 6.07 Å². The lowest BCUT2D eigenvalue weighted by Gasteiger charge is -2.29. The number of pyridine rings is 1. The molecular formula is C10H16N4. The third-order valence-electron chi connectivity index (χ3n) is 2.50. The van der Waals surface area contributed by atoms with Crippen LogP contribution in [0.15, 0.2) is 18.3 Å². The molecule has 1 saturated heterocycles. The average molecular weight is 192 g/mol. The zero-order chi connectivity index (χ0) is 9.80. The number of nitrogens with two attached hydrogens (primary N) is 1. The molecule has 0 radical (unpaired) electrons. The second-order valence-corrected chi connectivity index (χ2v) is 3.43. The Kier molecular flexibility index (Phi) is 2.96. The van der Waals surface area contributed by atoms with Crippen LogP contribution >= 0.6 is 0 Å². The van der Waals surface area contributed by atoms with Crippen molar-refractivity contribution in [1.29, 1.82) is 0 Å². The summed E-state index contributed by atoms with van der Waals surface area (Å²) < 4.78 is 0. The first-order chi connectivity index (χ1) is 6.92. The highest BCUT2D eigenvalue weighted by Gasteiger charge is 2.13. The molecule has 1 aliphatic rings. The lowest BCUT2D eigenvalue weighted by Crippen LogP contribution is -2.44. The molecule has 0 spiro atoms. The Morgan fingerprint density at radius 3 is 2.93 bits per heavy atom. The first-order valence-electron chi connectivity index (χ1n) is 5.01. The second-order valence-electron chi connectivity index (χ2n) is 3.43. The van der Waals surface area contributed by atoms with Gasteiger partial charge in [0.25, 0.3) is 0 Å². The van der Waals surface area contributed by atoms with E-state index in [1.165, 1.54) is 0 Å². The quantitative estimate of drug-likeness (QED) is 0.690. The smallest absolute Gasteiger partial charge is 0.133 e. The molecule has 14 heavy (non-hydrogen) atoms. The summed E-state index contributed by atoms with van der Waals surface area (Å²) in [5.74, 6) is 1.05. The van der Waals surface area contributed by atoms with Gasteiger partial charge in [0.05, 0.1) is 0 Å². The van der Waals surface area contributed by atoms with Crippen molar-refractivity contribution in [1.82, 2.24) is 10.3 Å². The van der Waals surface area contributed by atoms with Gasteiger partial charge in [0, 0.05) is 44.5 Å². The first-order valence-corrected chi connectivity index (χ1v) is 5.01. The zero-order valence-electron chi connectivity index (χ0n) is 8.24. The minimum absolute atomic E-state index is 0.563. The number of aromatic nitrogens is 1. The lowest BCUT2D eigenvalue weighted by atomic mass is 10.2. The molecule has 3 N–H and O–H groups in total. The van der Waals surface area contributed by atoms with Crippen LogP contribution in [0.25, 0.3) is 0 Å². The van der Waals surface area contributed by atoms with Crippen molar-refractivity contribution in [3.8, 4) is 0 Å². The molecule has 1 aromatic heterocycles. The Morgan fingerprint density at radius 2 is 2.21 bits per heavy atom. The maximum absolute atomic E-state index is 5.68. The van der Waals surface area contributed by atoms with Crippen molar-refractivity contribution < 1.29 is 0 Å². The molecule has 0 bridgehead atoms. The molecule has 1 aliphatic heterocycles. The molecule has 76 valence electrons. The predicted octanol–water partition coefficient (Wildman–Crippen LogP) is -0.0501. The normalized spacial score (nSPS) is 17.1. The van der Waals surface area contributed by atoms with E-state index in [2.05, 4.69) is 15.2 Å². The molecule has 1 aromatic rings. The van der Waals surface area contributed by atoms with Crippen LogP contribution in [-0.4, -0.2) is 31.2 Å². The Hall–Kier alpha value is -1.13. The largest absolute Gasteiger partial charge is 0.354 e. The number of rotatable bonds is 2. The van der Waals surface area contributed by atoms with Crippen LogP contribution in [0.5, 0.6) is 0 Å². The predicted molar refractivity (Wildman–Crippen MR) is 57.2 cm³/mol. The van der Waals surface area contributed by atoms with E-state index in [1.54, 1.807) is 0 Å². The summed E-state index contributed by atoms with van der Waals surface area (Å²) in [7, 11) is 0. The third kappa shape index (κ3) is 1.86. The third-order valence-corrected chi connectivity index (χ3v) is 2.50. The van der Waals surface area contributed by atoms with E-state index in [4.69, 9.17) is 5.73 Å². The highest BCUT2D eigenvalue weighted by Crippen LogP contribution is 2.16.